The molecule has 1 fully saturated rings. The molecule has 0 spiro atoms. The normalized spacial score (nSPS) is 19.8. The smallest absolute Gasteiger partial charge is 0.322 e. The van der Waals surface area contributed by atoms with Gasteiger partial charge in [0.15, 0.2) is 9.84 Å². The molecule has 22 heavy (non-hydrogen) atoms. The zero-order valence-electron chi connectivity index (χ0n) is 12.3. The fourth-order valence-corrected chi connectivity index (χ4v) is 4.66. The molecule has 1 atom stereocenters. The van der Waals surface area contributed by atoms with Crippen molar-refractivity contribution in [2.45, 2.75) is 12.5 Å². The average Bonchev–Trinajstić information content (AvgIpc) is 2.82. The Labute approximate surface area is 144 Å². The minimum absolute atomic E-state index is 0.0238. The molecule has 0 radical (unpaired) electrons. The van der Waals surface area contributed by atoms with Gasteiger partial charge in [-0.3, -0.25) is 0 Å². The molecule has 1 unspecified atom stereocenters. The van der Waals surface area contributed by atoms with Crippen molar-refractivity contribution in [3.63, 3.8) is 0 Å². The molecule has 1 N–H and O–H groups in total. The van der Waals surface area contributed by atoms with Gasteiger partial charge in [0.05, 0.1) is 23.8 Å². The molecular weight excluding hydrogens is 419 g/mol. The van der Waals surface area contributed by atoms with Crippen LogP contribution in [0.5, 0.6) is 0 Å². The van der Waals surface area contributed by atoms with E-state index in [1.54, 1.807) is 12.0 Å². The van der Waals surface area contributed by atoms with Gasteiger partial charge < -0.3 is 15.0 Å². The van der Waals surface area contributed by atoms with Crippen LogP contribution in [0.4, 0.5) is 10.5 Å². The van der Waals surface area contributed by atoms with Gasteiger partial charge in [-0.15, -0.1) is 0 Å². The van der Waals surface area contributed by atoms with E-state index in [1.165, 1.54) is 0 Å². The third-order valence-corrected chi connectivity index (χ3v) is 6.25. The van der Waals surface area contributed by atoms with Crippen molar-refractivity contribution >= 4 is 44.1 Å². The first-order valence-electron chi connectivity index (χ1n) is 6.94. The average molecular weight is 438 g/mol. The molecule has 1 aromatic carbocycles. The maximum absolute atomic E-state index is 12.5. The van der Waals surface area contributed by atoms with Gasteiger partial charge in [-0.05, 0) is 41.1 Å². The molecule has 0 aromatic heterocycles. The second kappa shape index (κ2) is 7.60. The second-order valence-corrected chi connectivity index (χ2v) is 8.54. The molecule has 1 saturated heterocycles. The van der Waals surface area contributed by atoms with E-state index in [9.17, 15) is 13.2 Å². The van der Waals surface area contributed by atoms with Crippen LogP contribution in [0, 0.1) is 3.57 Å². The lowest BCUT2D eigenvalue weighted by Gasteiger charge is -2.28. The van der Waals surface area contributed by atoms with E-state index in [-0.39, 0.29) is 23.6 Å². The quantitative estimate of drug-likeness (QED) is 0.714. The van der Waals surface area contributed by atoms with Crippen molar-refractivity contribution in [3.8, 4) is 0 Å². The molecule has 0 aliphatic carbocycles. The van der Waals surface area contributed by atoms with Crippen LogP contribution < -0.4 is 5.32 Å². The highest BCUT2D eigenvalue weighted by atomic mass is 127. The zero-order valence-corrected chi connectivity index (χ0v) is 15.3. The van der Waals surface area contributed by atoms with Crippen molar-refractivity contribution < 1.29 is 17.9 Å². The van der Waals surface area contributed by atoms with Crippen molar-refractivity contribution in [1.29, 1.82) is 0 Å². The van der Waals surface area contributed by atoms with Gasteiger partial charge in [0.25, 0.3) is 0 Å². The number of anilines is 1. The summed E-state index contributed by atoms with van der Waals surface area (Å²) < 4.78 is 29.3. The van der Waals surface area contributed by atoms with Gasteiger partial charge in [0.1, 0.15) is 0 Å². The molecule has 6 nitrogen and oxygen atoms in total. The van der Waals surface area contributed by atoms with Gasteiger partial charge >= 0.3 is 6.03 Å². The van der Waals surface area contributed by atoms with Crippen molar-refractivity contribution in [2.24, 2.45) is 0 Å². The van der Waals surface area contributed by atoms with E-state index in [1.807, 2.05) is 24.3 Å². The van der Waals surface area contributed by atoms with Gasteiger partial charge in [0, 0.05) is 23.3 Å². The number of hydrogen-bond acceptors (Lipinski definition) is 4. The summed E-state index contributed by atoms with van der Waals surface area (Å²) in [6.45, 7) is 0.738. The SMILES string of the molecule is COCCN(C(=O)Nc1ccccc1I)C1CCS(=O)(=O)C1. The number of methoxy groups -OCH3 is 1. The van der Waals surface area contributed by atoms with Crippen LogP contribution in [-0.4, -0.2) is 57.2 Å². The number of sulfone groups is 1. The number of nitrogens with one attached hydrogen (secondary N) is 1. The molecule has 1 aliphatic heterocycles. The van der Waals surface area contributed by atoms with Crippen LogP contribution in [0.2, 0.25) is 0 Å². The Morgan fingerprint density at radius 2 is 2.18 bits per heavy atom. The maximum Gasteiger partial charge on any atom is 0.322 e. The highest BCUT2D eigenvalue weighted by Gasteiger charge is 2.34. The number of urea groups is 1. The first-order valence-corrected chi connectivity index (χ1v) is 9.84. The number of amides is 2. The highest BCUT2D eigenvalue weighted by Crippen LogP contribution is 2.21. The first-order chi connectivity index (χ1) is 10.4. The summed E-state index contributed by atoms with van der Waals surface area (Å²) in [6.07, 6.45) is 0.478. The monoisotopic (exact) mass is 438 g/mol. The maximum atomic E-state index is 12.5. The molecule has 2 amide bonds. The van der Waals surface area contributed by atoms with E-state index in [4.69, 9.17) is 4.74 Å². The topological polar surface area (TPSA) is 75.7 Å². The Balaban J connectivity index is 2.11. The number of carbonyl (C=O) groups excluding carboxylic acids is 1. The first kappa shape index (κ1) is 17.5. The van der Waals surface area contributed by atoms with E-state index in [0.29, 0.717) is 19.6 Å². The lowest BCUT2D eigenvalue weighted by atomic mass is 10.2. The lowest BCUT2D eigenvalue weighted by molar-refractivity contribution is 0.140. The predicted octanol–water partition coefficient (Wildman–Crippen LogP) is 1.96. The minimum Gasteiger partial charge on any atom is -0.383 e. The van der Waals surface area contributed by atoms with E-state index >= 15 is 0 Å². The minimum atomic E-state index is -3.04. The third kappa shape index (κ3) is 4.56. The van der Waals surface area contributed by atoms with Crippen molar-refractivity contribution in [1.82, 2.24) is 4.90 Å². The number of nitrogens with zero attached hydrogens (tertiary/aromatic N) is 1. The van der Waals surface area contributed by atoms with Gasteiger partial charge in [0.2, 0.25) is 0 Å². The molecule has 0 bridgehead atoms. The van der Waals surface area contributed by atoms with Crippen LogP contribution in [0.25, 0.3) is 0 Å². The molecule has 8 heteroatoms. The number of rotatable bonds is 5. The molecule has 0 saturated carbocycles. The zero-order chi connectivity index (χ0) is 16.2. The summed E-state index contributed by atoms with van der Waals surface area (Å²) in [5.41, 5.74) is 0.719. The summed E-state index contributed by atoms with van der Waals surface area (Å²) >= 11 is 2.15. The Morgan fingerprint density at radius 3 is 2.77 bits per heavy atom. The fourth-order valence-electron chi connectivity index (χ4n) is 2.41. The molecule has 122 valence electrons. The lowest BCUT2D eigenvalue weighted by Crippen LogP contribution is -2.45. The number of ether oxygens (including phenoxy) is 1. The van der Waals surface area contributed by atoms with Crippen LogP contribution in [-0.2, 0) is 14.6 Å². The van der Waals surface area contributed by atoms with Gasteiger partial charge in [-0.25, -0.2) is 13.2 Å². The largest absolute Gasteiger partial charge is 0.383 e. The van der Waals surface area contributed by atoms with Crippen molar-refractivity contribution in [2.75, 3.05) is 37.1 Å². The standard InChI is InChI=1S/C14H19IN2O4S/c1-21-8-7-17(11-6-9-22(19,20)10-11)14(18)16-13-5-3-2-4-12(13)15/h2-5,11H,6-10H2,1H3,(H,16,18). The van der Waals surface area contributed by atoms with E-state index in [2.05, 4.69) is 27.9 Å². The van der Waals surface area contributed by atoms with Crippen LogP contribution in [0.15, 0.2) is 24.3 Å². The molecule has 1 heterocycles. The summed E-state index contributed by atoms with van der Waals surface area (Å²) in [6, 6.07) is 6.88. The summed E-state index contributed by atoms with van der Waals surface area (Å²) in [5.74, 6) is 0.160. The van der Waals surface area contributed by atoms with Gasteiger partial charge in [-0.1, -0.05) is 12.1 Å². The summed E-state index contributed by atoms with van der Waals surface area (Å²) in [4.78, 5) is 14.1. The van der Waals surface area contributed by atoms with E-state index < -0.39 is 9.84 Å². The van der Waals surface area contributed by atoms with Crippen LogP contribution >= 0.6 is 22.6 Å². The molecule has 1 aromatic rings. The number of benzene rings is 1. The Bertz CT molecular complexity index is 635. The Morgan fingerprint density at radius 1 is 1.45 bits per heavy atom. The number of halogens is 1. The third-order valence-electron chi connectivity index (χ3n) is 3.56. The van der Waals surface area contributed by atoms with E-state index in [0.717, 1.165) is 9.26 Å². The molecular formula is C14H19IN2O4S. The second-order valence-electron chi connectivity index (χ2n) is 5.15. The summed E-state index contributed by atoms with van der Waals surface area (Å²) in [7, 11) is -1.49. The molecule has 1 aliphatic rings. The number of carbonyl (C=O) groups is 1. The predicted molar refractivity (Wildman–Crippen MR) is 93.8 cm³/mol. The Hall–Kier alpha value is -0.870. The number of para-hydroxylation sites is 1. The fraction of sp³-hybridized carbons (Fsp3) is 0.500. The summed E-state index contributed by atoms with van der Waals surface area (Å²) in [5, 5.41) is 2.85. The van der Waals surface area contributed by atoms with Gasteiger partial charge in [-0.2, -0.15) is 0 Å². The van der Waals surface area contributed by atoms with Crippen molar-refractivity contribution in [3.05, 3.63) is 27.8 Å². The van der Waals surface area contributed by atoms with Crippen LogP contribution in [0.1, 0.15) is 6.42 Å². The van der Waals surface area contributed by atoms with Crippen LogP contribution in [0.3, 0.4) is 0 Å². The number of hydrogen-bond donors (Lipinski definition) is 1. The highest BCUT2D eigenvalue weighted by molar-refractivity contribution is 14.1. The Kier molecular flexibility index (Phi) is 6.04. The molecule has 2 rings (SSSR count).